The number of para-hydroxylation sites is 2. The normalized spacial score (nSPS) is 17.0. The van der Waals surface area contributed by atoms with Gasteiger partial charge in [-0.2, -0.15) is 0 Å². The Labute approximate surface area is 354 Å². The van der Waals surface area contributed by atoms with Crippen molar-refractivity contribution in [2.45, 2.75) is 89.5 Å². The predicted octanol–water partition coefficient (Wildman–Crippen LogP) is 6.76. The number of hydrogen-bond donors (Lipinski definition) is 4. The maximum Gasteiger partial charge on any atom is 0.414 e. The Bertz CT molecular complexity index is 1780. The van der Waals surface area contributed by atoms with Gasteiger partial charge in [-0.05, 0) is 74.9 Å². The van der Waals surface area contributed by atoms with Crippen molar-refractivity contribution in [1.29, 1.82) is 0 Å². The first kappa shape index (κ1) is 47.3. The summed E-state index contributed by atoms with van der Waals surface area (Å²) in [6.45, 7) is 13.0. The van der Waals surface area contributed by atoms with Crippen LogP contribution < -0.4 is 9.80 Å². The highest BCUT2D eigenvalue weighted by Gasteiger charge is 2.36. The van der Waals surface area contributed by atoms with Gasteiger partial charge in [-0.15, -0.1) is 0 Å². The molecule has 0 saturated carbocycles. The number of carbonyl (C=O) groups excluding carboxylic acids is 2. The Balaban J connectivity index is 0.000000233. The van der Waals surface area contributed by atoms with E-state index in [-0.39, 0.29) is 23.9 Å². The fraction of sp³-hybridized carbons (Fsp3) is 0.417. The zero-order valence-electron chi connectivity index (χ0n) is 35.4. The van der Waals surface area contributed by atoms with Crippen molar-refractivity contribution in [2.75, 3.05) is 49.1 Å². The van der Waals surface area contributed by atoms with Gasteiger partial charge in [0.05, 0.1) is 11.2 Å². The van der Waals surface area contributed by atoms with E-state index in [1.165, 1.54) is 0 Å². The minimum Gasteiger partial charge on any atom is -0.473 e. The highest BCUT2D eigenvalue weighted by atomic mass is 16.4. The van der Waals surface area contributed by atoms with E-state index in [2.05, 4.69) is 23.6 Å². The van der Waals surface area contributed by atoms with E-state index in [0.717, 1.165) is 87.5 Å². The minimum atomic E-state index is -1.82. The van der Waals surface area contributed by atoms with Gasteiger partial charge in [0.15, 0.2) is 0 Å². The molecule has 12 nitrogen and oxygen atoms in total. The van der Waals surface area contributed by atoms with Gasteiger partial charge in [-0.25, -0.2) is 9.59 Å². The van der Waals surface area contributed by atoms with E-state index in [4.69, 9.17) is 19.8 Å². The van der Waals surface area contributed by atoms with Gasteiger partial charge in [0, 0.05) is 75.6 Å². The molecule has 2 aliphatic heterocycles. The minimum absolute atomic E-state index is 0.0859. The second-order valence-corrected chi connectivity index (χ2v) is 15.6. The topological polar surface area (TPSA) is 162 Å². The molecule has 6 rings (SSSR count). The lowest BCUT2D eigenvalue weighted by atomic mass is 9.84. The molecule has 0 aliphatic carbocycles. The molecule has 4 aromatic rings. The summed E-state index contributed by atoms with van der Waals surface area (Å²) in [4.78, 5) is 51.9. The second-order valence-electron chi connectivity index (χ2n) is 15.6. The molecular formula is C48H62N4O8. The molecule has 2 heterocycles. The number of carboxylic acids is 2. The number of rotatable bonds is 12. The SMILES string of the molecule is CCC(=O)N(c1ccccc1)C(C)CN1CCC(O)(c2ccccc2)CC1.CCC(=O)N(c1ccccc1)C(C)CN1CCC(O)(c2ccccc2)CC1.O=C(O)C(=O)O. The van der Waals surface area contributed by atoms with E-state index in [1.54, 1.807) is 0 Å². The summed E-state index contributed by atoms with van der Waals surface area (Å²) in [5.41, 5.74) is 2.44. The quantitative estimate of drug-likeness (QED) is 0.112. The number of piperidine rings is 2. The summed E-state index contributed by atoms with van der Waals surface area (Å²) < 4.78 is 0. The van der Waals surface area contributed by atoms with E-state index < -0.39 is 23.1 Å². The standard InChI is InChI=1S/2C23H30N2O2.C2H2O4/c2*1-3-22(26)25(21-12-8-5-9-13-21)19(2)18-24-16-14-23(27,15-17-24)20-10-6-4-7-11-20;3-1(4)2(5)6/h2*4-13,19,27H,3,14-18H2,1-2H3;(H,3,4)(H,5,6). The molecular weight excluding hydrogens is 761 g/mol. The third-order valence-corrected chi connectivity index (χ3v) is 11.3. The van der Waals surface area contributed by atoms with E-state index in [9.17, 15) is 19.8 Å². The maximum atomic E-state index is 12.6. The van der Waals surface area contributed by atoms with Crippen molar-refractivity contribution in [3.63, 3.8) is 0 Å². The summed E-state index contributed by atoms with van der Waals surface area (Å²) in [5, 5.41) is 36.8. The monoisotopic (exact) mass is 822 g/mol. The third kappa shape index (κ3) is 13.3. The molecule has 2 amide bonds. The predicted molar refractivity (Wildman–Crippen MR) is 235 cm³/mol. The lowest BCUT2D eigenvalue weighted by Crippen LogP contribution is -2.49. The number of amides is 2. The van der Waals surface area contributed by atoms with Crippen LogP contribution in [0.2, 0.25) is 0 Å². The highest BCUT2D eigenvalue weighted by molar-refractivity contribution is 6.27. The summed E-state index contributed by atoms with van der Waals surface area (Å²) in [7, 11) is 0. The molecule has 0 aromatic heterocycles. The van der Waals surface area contributed by atoms with Crippen molar-refractivity contribution >= 4 is 35.1 Å². The van der Waals surface area contributed by atoms with Crippen molar-refractivity contribution in [2.24, 2.45) is 0 Å². The Morgan fingerprint density at radius 1 is 0.517 bits per heavy atom. The molecule has 0 radical (unpaired) electrons. The molecule has 4 aromatic carbocycles. The van der Waals surface area contributed by atoms with Gasteiger partial charge in [-0.1, -0.05) is 111 Å². The lowest BCUT2D eigenvalue weighted by Gasteiger charge is -2.41. The van der Waals surface area contributed by atoms with Crippen molar-refractivity contribution < 1.29 is 39.6 Å². The number of aliphatic hydroxyl groups is 2. The number of carbonyl (C=O) groups is 4. The third-order valence-electron chi connectivity index (χ3n) is 11.3. The number of aliphatic carboxylic acids is 2. The number of likely N-dealkylation sites (tertiary alicyclic amines) is 2. The zero-order chi connectivity index (χ0) is 43.7. The summed E-state index contributed by atoms with van der Waals surface area (Å²) in [5.74, 6) is -3.36. The van der Waals surface area contributed by atoms with E-state index >= 15 is 0 Å². The van der Waals surface area contributed by atoms with Crippen LogP contribution in [0.25, 0.3) is 0 Å². The maximum absolute atomic E-state index is 12.6. The number of anilines is 2. The van der Waals surface area contributed by atoms with E-state index in [0.29, 0.717) is 12.8 Å². The number of carboxylic acid groups (broad SMARTS) is 2. The first-order chi connectivity index (χ1) is 28.7. The molecule has 2 fully saturated rings. The van der Waals surface area contributed by atoms with Gasteiger partial charge < -0.3 is 40.0 Å². The van der Waals surface area contributed by atoms with Crippen molar-refractivity contribution in [1.82, 2.24) is 9.80 Å². The van der Waals surface area contributed by atoms with Gasteiger partial charge in [0.1, 0.15) is 0 Å². The van der Waals surface area contributed by atoms with Crippen LogP contribution in [0.15, 0.2) is 121 Å². The van der Waals surface area contributed by atoms with Crippen LogP contribution in [-0.2, 0) is 30.4 Å². The molecule has 4 N–H and O–H groups in total. The Hall–Kier alpha value is -5.40. The average molecular weight is 823 g/mol. The Morgan fingerprint density at radius 3 is 1.03 bits per heavy atom. The zero-order valence-corrected chi connectivity index (χ0v) is 35.4. The summed E-state index contributed by atoms with van der Waals surface area (Å²) in [6.07, 6.45) is 3.86. The number of benzene rings is 4. The number of hydrogen-bond acceptors (Lipinski definition) is 8. The van der Waals surface area contributed by atoms with Gasteiger partial charge in [0.2, 0.25) is 11.8 Å². The highest BCUT2D eigenvalue weighted by Crippen LogP contribution is 2.34. The first-order valence-corrected chi connectivity index (χ1v) is 20.9. The summed E-state index contributed by atoms with van der Waals surface area (Å²) in [6, 6.07) is 39.9. The van der Waals surface area contributed by atoms with Crippen molar-refractivity contribution in [3.05, 3.63) is 132 Å². The van der Waals surface area contributed by atoms with Gasteiger partial charge in [0.25, 0.3) is 0 Å². The van der Waals surface area contributed by atoms with Crippen LogP contribution in [0.3, 0.4) is 0 Å². The van der Waals surface area contributed by atoms with Crippen molar-refractivity contribution in [3.8, 4) is 0 Å². The molecule has 12 heteroatoms. The molecule has 0 bridgehead atoms. The molecule has 2 atom stereocenters. The Kier molecular flexibility index (Phi) is 18.0. The van der Waals surface area contributed by atoms with Crippen LogP contribution in [-0.4, -0.2) is 105 Å². The van der Waals surface area contributed by atoms with Gasteiger partial charge in [-0.3, -0.25) is 9.59 Å². The molecule has 2 saturated heterocycles. The molecule has 2 unspecified atom stereocenters. The Morgan fingerprint density at radius 2 is 0.783 bits per heavy atom. The molecule has 60 heavy (non-hydrogen) atoms. The smallest absolute Gasteiger partial charge is 0.414 e. The molecule has 0 spiro atoms. The number of nitrogens with zero attached hydrogens (tertiary/aromatic N) is 4. The summed E-state index contributed by atoms with van der Waals surface area (Å²) >= 11 is 0. The molecule has 322 valence electrons. The molecule has 2 aliphatic rings. The fourth-order valence-corrected chi connectivity index (χ4v) is 8.00. The van der Waals surface area contributed by atoms with Crippen LogP contribution in [0.5, 0.6) is 0 Å². The van der Waals surface area contributed by atoms with Crippen LogP contribution >= 0.6 is 0 Å². The van der Waals surface area contributed by atoms with Crippen LogP contribution in [0.1, 0.15) is 77.3 Å². The largest absolute Gasteiger partial charge is 0.473 e. The second kappa shape index (κ2) is 22.8. The lowest BCUT2D eigenvalue weighted by molar-refractivity contribution is -0.159. The average Bonchev–Trinajstić information content (AvgIpc) is 3.27. The van der Waals surface area contributed by atoms with Crippen LogP contribution in [0, 0.1) is 0 Å². The van der Waals surface area contributed by atoms with Gasteiger partial charge >= 0.3 is 11.9 Å². The first-order valence-electron chi connectivity index (χ1n) is 20.9. The fourth-order valence-electron chi connectivity index (χ4n) is 8.00. The van der Waals surface area contributed by atoms with E-state index in [1.807, 2.05) is 145 Å². The van der Waals surface area contributed by atoms with Crippen LogP contribution in [0.4, 0.5) is 11.4 Å².